The van der Waals surface area contributed by atoms with E-state index in [2.05, 4.69) is 12.1 Å². The Kier molecular flexibility index (Phi) is 4.62. The molecule has 0 aliphatic heterocycles. The SMILES string of the molecule is CO[n+]1ccc2ccccc2c1.[O-][Cl+3]([O-])([O-])[O-]. The summed E-state index contributed by atoms with van der Waals surface area (Å²) in [5.41, 5.74) is 0. The average molecular weight is 260 g/mol. The molecule has 0 saturated heterocycles. The molecule has 0 aliphatic carbocycles. The predicted octanol–water partition coefficient (Wildman–Crippen LogP) is -3.57. The Labute approximate surface area is 99.6 Å². The lowest BCUT2D eigenvalue weighted by Crippen LogP contribution is -2.68. The van der Waals surface area contributed by atoms with Crippen LogP contribution in [0, 0.1) is 10.2 Å². The molecule has 7 heteroatoms. The van der Waals surface area contributed by atoms with E-state index in [4.69, 9.17) is 23.5 Å². The topological polar surface area (TPSA) is 105 Å². The first kappa shape index (κ1) is 13.6. The zero-order valence-corrected chi connectivity index (χ0v) is 9.66. The fraction of sp³-hybridized carbons (Fsp3) is 0.100. The van der Waals surface area contributed by atoms with Crippen LogP contribution in [-0.2, 0) is 0 Å². The molecular weight excluding hydrogens is 250 g/mol. The summed E-state index contributed by atoms with van der Waals surface area (Å²) in [6.45, 7) is 0. The summed E-state index contributed by atoms with van der Waals surface area (Å²) >= 11 is 0. The minimum Gasteiger partial charge on any atom is -0.275 e. The lowest BCUT2D eigenvalue weighted by molar-refractivity contribution is -2.00. The van der Waals surface area contributed by atoms with E-state index in [9.17, 15) is 0 Å². The van der Waals surface area contributed by atoms with Gasteiger partial charge >= 0.3 is 0 Å². The summed E-state index contributed by atoms with van der Waals surface area (Å²) in [6.07, 6.45) is 3.84. The Balaban J connectivity index is 0.000000249. The van der Waals surface area contributed by atoms with Crippen molar-refractivity contribution in [3.05, 3.63) is 42.7 Å². The van der Waals surface area contributed by atoms with Crippen LogP contribution in [0.2, 0.25) is 0 Å². The summed E-state index contributed by atoms with van der Waals surface area (Å²) in [5, 5.41) is 2.41. The predicted molar refractivity (Wildman–Crippen MR) is 46.6 cm³/mol. The van der Waals surface area contributed by atoms with Crippen molar-refractivity contribution < 1.29 is 38.4 Å². The minimum atomic E-state index is -4.94. The molecule has 1 aromatic heterocycles. The maximum absolute atomic E-state index is 8.49. The highest BCUT2D eigenvalue weighted by Crippen LogP contribution is 2.08. The van der Waals surface area contributed by atoms with Crippen molar-refractivity contribution in [2.24, 2.45) is 0 Å². The lowest BCUT2D eigenvalue weighted by Gasteiger charge is -2.17. The second-order valence-corrected chi connectivity index (χ2v) is 3.75. The van der Waals surface area contributed by atoms with E-state index in [1.807, 2.05) is 30.6 Å². The van der Waals surface area contributed by atoms with Crippen LogP contribution in [0.3, 0.4) is 0 Å². The molecule has 0 amide bonds. The summed E-state index contributed by atoms with van der Waals surface area (Å²) in [6, 6.07) is 10.2. The second kappa shape index (κ2) is 5.76. The normalized spacial score (nSPS) is 10.6. The maximum atomic E-state index is 8.49. The molecule has 0 atom stereocenters. The molecule has 0 spiro atoms. The molecule has 2 aromatic rings. The minimum absolute atomic E-state index is 1.18. The van der Waals surface area contributed by atoms with Crippen molar-refractivity contribution >= 4 is 10.8 Å². The standard InChI is InChI=1S/C10H10NO.ClHO4/c1-12-11-7-6-9-4-2-3-5-10(9)8-11;2-1(3,4)5/h2-8H,1H3;(H,2,3,4,5)/q+1;/p-1. The van der Waals surface area contributed by atoms with Gasteiger partial charge in [0.2, 0.25) is 12.4 Å². The van der Waals surface area contributed by atoms with Crippen LogP contribution in [0.25, 0.3) is 10.8 Å². The Morgan fingerprint density at radius 3 is 2.06 bits per heavy atom. The fourth-order valence-electron chi connectivity index (χ4n) is 1.23. The largest absolute Gasteiger partial charge is 0.275 e. The Morgan fingerprint density at radius 1 is 1.00 bits per heavy atom. The van der Waals surface area contributed by atoms with Gasteiger partial charge in [0.15, 0.2) is 0 Å². The fourth-order valence-corrected chi connectivity index (χ4v) is 1.23. The van der Waals surface area contributed by atoms with Gasteiger partial charge in [0.1, 0.15) is 7.11 Å². The number of hydrogen-bond acceptors (Lipinski definition) is 5. The van der Waals surface area contributed by atoms with Crippen LogP contribution in [0.4, 0.5) is 0 Å². The number of rotatable bonds is 1. The molecule has 6 nitrogen and oxygen atoms in total. The third-order valence-corrected chi connectivity index (χ3v) is 1.87. The summed E-state index contributed by atoms with van der Waals surface area (Å²) in [4.78, 5) is 5.04. The van der Waals surface area contributed by atoms with Gasteiger partial charge in [0, 0.05) is 10.8 Å². The van der Waals surface area contributed by atoms with Crippen LogP contribution in [0.15, 0.2) is 42.7 Å². The molecule has 0 fully saturated rings. The smallest absolute Gasteiger partial charge is 0.230 e. The Hall–Kier alpha value is -1.44. The van der Waals surface area contributed by atoms with Crippen molar-refractivity contribution in [2.75, 3.05) is 7.11 Å². The van der Waals surface area contributed by atoms with Crippen LogP contribution in [-0.4, -0.2) is 7.11 Å². The number of benzene rings is 1. The first-order valence-electron chi connectivity index (χ1n) is 4.46. The van der Waals surface area contributed by atoms with Gasteiger partial charge < -0.3 is 0 Å². The van der Waals surface area contributed by atoms with Gasteiger partial charge in [-0.3, -0.25) is 4.84 Å². The first-order valence-corrected chi connectivity index (χ1v) is 5.70. The molecule has 1 heterocycles. The number of aromatic nitrogens is 1. The third kappa shape index (κ3) is 5.43. The van der Waals surface area contributed by atoms with Gasteiger partial charge in [-0.1, -0.05) is 18.2 Å². The van der Waals surface area contributed by atoms with Crippen LogP contribution >= 0.6 is 0 Å². The first-order chi connectivity index (χ1) is 7.90. The Bertz CT molecular complexity index is 479. The zero-order chi connectivity index (χ0) is 12.9. The molecule has 92 valence electrons. The number of nitrogens with zero attached hydrogens (tertiary/aromatic N) is 1. The van der Waals surface area contributed by atoms with Crippen molar-refractivity contribution in [1.82, 2.24) is 0 Å². The number of hydrogen-bond donors (Lipinski definition) is 0. The summed E-state index contributed by atoms with van der Waals surface area (Å²) < 4.78 is 35.7. The molecule has 0 radical (unpaired) electrons. The zero-order valence-electron chi connectivity index (χ0n) is 8.91. The van der Waals surface area contributed by atoms with Crippen LogP contribution in [0.1, 0.15) is 0 Å². The molecule has 1 aromatic carbocycles. The van der Waals surface area contributed by atoms with Crippen LogP contribution in [0.5, 0.6) is 0 Å². The van der Waals surface area contributed by atoms with E-state index < -0.39 is 10.2 Å². The van der Waals surface area contributed by atoms with Crippen molar-refractivity contribution in [1.29, 1.82) is 0 Å². The maximum Gasteiger partial charge on any atom is 0.230 e. The van der Waals surface area contributed by atoms with E-state index in [1.165, 1.54) is 10.8 Å². The quantitative estimate of drug-likeness (QED) is 0.493. The highest BCUT2D eigenvalue weighted by molar-refractivity contribution is 5.80. The molecule has 0 aliphatic rings. The van der Waals surface area contributed by atoms with Crippen molar-refractivity contribution in [3.63, 3.8) is 0 Å². The van der Waals surface area contributed by atoms with Crippen LogP contribution < -0.4 is 28.2 Å². The van der Waals surface area contributed by atoms with E-state index >= 15 is 0 Å². The van der Waals surface area contributed by atoms with Gasteiger partial charge in [0.05, 0.1) is 5.39 Å². The Morgan fingerprint density at radius 2 is 1.53 bits per heavy atom. The highest BCUT2D eigenvalue weighted by Gasteiger charge is 1.99. The van der Waals surface area contributed by atoms with E-state index in [0.29, 0.717) is 0 Å². The monoisotopic (exact) mass is 259 g/mol. The highest BCUT2D eigenvalue weighted by atomic mass is 35.7. The molecule has 0 N–H and O–H groups in total. The number of halogens is 1. The second-order valence-electron chi connectivity index (χ2n) is 2.99. The summed E-state index contributed by atoms with van der Waals surface area (Å²) in [5.74, 6) is 0. The average Bonchev–Trinajstić information content (AvgIpc) is 2.26. The van der Waals surface area contributed by atoms with Gasteiger partial charge in [-0.25, -0.2) is 18.6 Å². The lowest BCUT2D eigenvalue weighted by atomic mass is 10.2. The van der Waals surface area contributed by atoms with Crippen molar-refractivity contribution in [3.8, 4) is 0 Å². The molecule has 0 bridgehead atoms. The van der Waals surface area contributed by atoms with Gasteiger partial charge in [-0.2, -0.15) is 0 Å². The third-order valence-electron chi connectivity index (χ3n) is 1.87. The molecular formula is C10H10ClNO5. The van der Waals surface area contributed by atoms with Gasteiger partial charge in [0.25, 0.3) is 0 Å². The van der Waals surface area contributed by atoms with E-state index in [1.54, 1.807) is 11.8 Å². The van der Waals surface area contributed by atoms with Gasteiger partial charge in [-0.05, 0) is 11.5 Å². The number of fused-ring (bicyclic) bond motifs is 1. The molecule has 0 unspecified atom stereocenters. The molecule has 17 heavy (non-hydrogen) atoms. The van der Waals surface area contributed by atoms with E-state index in [0.717, 1.165) is 0 Å². The molecule has 0 saturated carbocycles. The summed E-state index contributed by atoms with van der Waals surface area (Å²) in [7, 11) is -3.30. The number of pyridine rings is 1. The van der Waals surface area contributed by atoms with Gasteiger partial charge in [-0.15, -0.1) is 10.2 Å². The molecule has 2 rings (SSSR count). The van der Waals surface area contributed by atoms with Crippen molar-refractivity contribution in [2.45, 2.75) is 0 Å². The van der Waals surface area contributed by atoms with E-state index in [-0.39, 0.29) is 0 Å².